The van der Waals surface area contributed by atoms with E-state index in [4.69, 9.17) is 5.11 Å². The Bertz CT molecular complexity index is 597. The molecule has 0 amide bonds. The minimum atomic E-state index is -1.39. The topological polar surface area (TPSA) is 202 Å². The fourth-order valence-corrected chi connectivity index (χ4v) is 4.94. The van der Waals surface area contributed by atoms with Crippen molar-refractivity contribution in [2.24, 2.45) is 5.92 Å². The second kappa shape index (κ2) is 13.7. The van der Waals surface area contributed by atoms with Gasteiger partial charge in [0.05, 0.1) is 0 Å². The number of aliphatic carboxylic acids is 1. The van der Waals surface area contributed by atoms with E-state index in [1.807, 2.05) is 0 Å². The fraction of sp³-hybridized carbons (Fsp3) is 0.667. The van der Waals surface area contributed by atoms with Gasteiger partial charge >= 0.3 is 148 Å². The zero-order valence-electron chi connectivity index (χ0n) is 14.4. The van der Waals surface area contributed by atoms with Crippen molar-refractivity contribution in [2.75, 3.05) is 31.3 Å². The zero-order valence-corrected chi connectivity index (χ0v) is 17.3. The van der Waals surface area contributed by atoms with Gasteiger partial charge in [-0.3, -0.25) is 0 Å². The number of hydrogen-bond acceptors (Lipinski definition) is 12. The number of esters is 1. The van der Waals surface area contributed by atoms with E-state index >= 15 is 0 Å². The van der Waals surface area contributed by atoms with Crippen LogP contribution in [0.2, 0.25) is 4.71 Å². The molecule has 0 aliphatic carbocycles. The standard InChI is InChI=1S/C12H17AsN2O12S/c1-7(16)13-9(11(18)19)5-28-6-10(17)12(20)25-2-8(3-26-14(21)22)4-27-15(23)24/h8-9,13H,2-6H2,1H3,(H,18,19)/t9-/m0/s1. The molecule has 0 aromatic carbocycles. The van der Waals surface area contributed by atoms with Crippen LogP contribution in [-0.2, 0) is 33.6 Å². The quantitative estimate of drug-likeness (QED) is 0.0885. The summed E-state index contributed by atoms with van der Waals surface area (Å²) in [5.41, 5.74) is 0. The van der Waals surface area contributed by atoms with E-state index in [0.29, 0.717) is 0 Å². The van der Waals surface area contributed by atoms with Crippen LogP contribution in [-0.4, -0.2) is 84.7 Å². The first-order chi connectivity index (χ1) is 13.0. The van der Waals surface area contributed by atoms with Crippen LogP contribution in [0.5, 0.6) is 0 Å². The molecule has 0 saturated carbocycles. The van der Waals surface area contributed by atoms with Gasteiger partial charge in [0.1, 0.15) is 0 Å². The number of carboxylic acid groups (broad SMARTS) is 1. The van der Waals surface area contributed by atoms with Gasteiger partial charge in [-0.15, -0.1) is 20.2 Å². The van der Waals surface area contributed by atoms with Crippen LogP contribution >= 0.6 is 11.8 Å². The first kappa shape index (κ1) is 25.6. The zero-order chi connectivity index (χ0) is 21.7. The van der Waals surface area contributed by atoms with Crippen LogP contribution in [0.4, 0.5) is 0 Å². The second-order valence-electron chi connectivity index (χ2n) is 5.03. The molecule has 158 valence electrons. The number of rotatable bonds is 16. The summed E-state index contributed by atoms with van der Waals surface area (Å²) in [4.78, 5) is 73.7. The summed E-state index contributed by atoms with van der Waals surface area (Å²) in [6, 6.07) is 0. The van der Waals surface area contributed by atoms with Gasteiger partial charge < -0.3 is 0 Å². The molecule has 0 aliphatic rings. The molecule has 1 unspecified atom stereocenters. The van der Waals surface area contributed by atoms with E-state index in [0.717, 1.165) is 11.8 Å². The molecule has 0 aliphatic heterocycles. The number of Topliss-reactive ketones (excluding diaryl/α,β-unsaturated/α-hetero) is 1. The molecule has 0 radical (unpaired) electrons. The molecule has 1 N–H and O–H groups in total. The van der Waals surface area contributed by atoms with E-state index in [-0.39, 0.29) is 10.3 Å². The number of ether oxygens (including phenoxy) is 1. The van der Waals surface area contributed by atoms with Crippen LogP contribution in [0, 0.1) is 26.1 Å². The Labute approximate surface area is 168 Å². The minimum absolute atomic E-state index is 0.0239. The molecule has 28 heavy (non-hydrogen) atoms. The van der Waals surface area contributed by atoms with Crippen LogP contribution in [0.1, 0.15) is 6.92 Å². The third-order valence-electron chi connectivity index (χ3n) is 2.70. The average molecular weight is 488 g/mol. The molecule has 14 nitrogen and oxygen atoms in total. The molecule has 0 bridgehead atoms. The van der Waals surface area contributed by atoms with Crippen molar-refractivity contribution in [3.05, 3.63) is 20.2 Å². The predicted octanol–water partition coefficient (Wildman–Crippen LogP) is -1.28. The predicted molar refractivity (Wildman–Crippen MR) is 91.9 cm³/mol. The van der Waals surface area contributed by atoms with Crippen LogP contribution in [0.25, 0.3) is 0 Å². The normalized spacial score (nSPS) is 11.8. The SMILES string of the molecule is CC(=O)[AsH][C@@H](CSCC(=O)C(=O)OCC(CO[N+](=O)[O-])CO[N+](=O)[O-])C(=O)O. The summed E-state index contributed by atoms with van der Waals surface area (Å²) < 4.78 is 3.54. The van der Waals surface area contributed by atoms with Crippen LogP contribution < -0.4 is 0 Å². The van der Waals surface area contributed by atoms with Gasteiger partial charge in [0, 0.05) is 0 Å². The summed E-state index contributed by atoms with van der Waals surface area (Å²) >= 11 is -0.541. The number of carbonyl (C=O) groups excluding carboxylic acids is 3. The second-order valence-corrected chi connectivity index (χ2v) is 9.61. The first-order valence-corrected chi connectivity index (χ1v) is 10.8. The maximum absolute atomic E-state index is 11.7. The summed E-state index contributed by atoms with van der Waals surface area (Å²) in [5.74, 6) is -4.94. The van der Waals surface area contributed by atoms with E-state index in [1.165, 1.54) is 6.92 Å². The van der Waals surface area contributed by atoms with Gasteiger partial charge in [0.25, 0.3) is 0 Å². The van der Waals surface area contributed by atoms with Gasteiger partial charge in [-0.1, -0.05) is 0 Å². The molecule has 0 aromatic rings. The Morgan fingerprint density at radius 2 is 1.61 bits per heavy atom. The van der Waals surface area contributed by atoms with Crippen molar-refractivity contribution >= 4 is 49.8 Å². The van der Waals surface area contributed by atoms with E-state index in [2.05, 4.69) is 14.4 Å². The Balaban J connectivity index is 4.42. The van der Waals surface area contributed by atoms with E-state index in [1.54, 1.807) is 0 Å². The van der Waals surface area contributed by atoms with Crippen molar-refractivity contribution in [3.63, 3.8) is 0 Å². The average Bonchev–Trinajstić information content (AvgIpc) is 2.58. The molecule has 0 fully saturated rings. The van der Waals surface area contributed by atoms with Crippen LogP contribution in [0.3, 0.4) is 0 Å². The van der Waals surface area contributed by atoms with Crippen molar-refractivity contribution in [2.45, 2.75) is 11.6 Å². The van der Waals surface area contributed by atoms with Crippen molar-refractivity contribution in [3.8, 4) is 0 Å². The van der Waals surface area contributed by atoms with Crippen molar-refractivity contribution < 1.29 is 48.9 Å². The van der Waals surface area contributed by atoms with Gasteiger partial charge in [-0.25, -0.2) is 0 Å². The molecular formula is C12H17AsN2O12S. The van der Waals surface area contributed by atoms with Crippen LogP contribution in [0.15, 0.2) is 0 Å². The van der Waals surface area contributed by atoms with Crippen molar-refractivity contribution in [1.29, 1.82) is 0 Å². The van der Waals surface area contributed by atoms with Crippen molar-refractivity contribution in [1.82, 2.24) is 0 Å². The molecule has 0 spiro atoms. The molecule has 16 heteroatoms. The van der Waals surface area contributed by atoms with Gasteiger partial charge in [-0.05, 0) is 0 Å². The third kappa shape index (κ3) is 12.9. The maximum atomic E-state index is 11.7. The molecule has 0 aromatic heterocycles. The van der Waals surface area contributed by atoms with E-state index < -0.39 is 79.8 Å². The Hall–Kier alpha value is -2.41. The Kier molecular flexibility index (Phi) is 12.5. The number of carboxylic acids is 1. The van der Waals surface area contributed by atoms with Gasteiger partial charge in [0.15, 0.2) is 0 Å². The first-order valence-electron chi connectivity index (χ1n) is 7.35. The number of carbonyl (C=O) groups is 4. The number of nitrogens with zero attached hydrogens (tertiary/aromatic N) is 2. The summed E-state index contributed by atoms with van der Waals surface area (Å²) in [6.07, 6.45) is 0. The molecule has 0 heterocycles. The summed E-state index contributed by atoms with van der Waals surface area (Å²) in [7, 11) is 0. The van der Waals surface area contributed by atoms with Gasteiger partial charge in [-0.2, -0.15) is 0 Å². The number of hydrogen-bond donors (Lipinski definition) is 1. The van der Waals surface area contributed by atoms with E-state index in [9.17, 15) is 39.4 Å². The monoisotopic (exact) mass is 488 g/mol. The Morgan fingerprint density at radius 3 is 2.04 bits per heavy atom. The molecule has 0 rings (SSSR count). The third-order valence-corrected chi connectivity index (χ3v) is 6.89. The summed E-state index contributed by atoms with van der Waals surface area (Å²) in [6.45, 7) is -0.644. The number of ketones is 1. The molecule has 2 atom stereocenters. The summed E-state index contributed by atoms with van der Waals surface area (Å²) in [5, 5.41) is 27.0. The Morgan fingerprint density at radius 1 is 1.07 bits per heavy atom. The number of thioether (sulfide) groups is 1. The van der Waals surface area contributed by atoms with Gasteiger partial charge in [0.2, 0.25) is 0 Å². The molecule has 0 saturated heterocycles. The molecular weight excluding hydrogens is 471 g/mol. The fourth-order valence-electron chi connectivity index (χ4n) is 1.50.